The predicted molar refractivity (Wildman–Crippen MR) is 75.0 cm³/mol. The first kappa shape index (κ1) is 14.6. The topological polar surface area (TPSA) is 38.7 Å². The number of ether oxygens (including phenoxy) is 2. The van der Waals surface area contributed by atoms with Gasteiger partial charge in [-0.25, -0.2) is 4.39 Å². The van der Waals surface area contributed by atoms with Crippen molar-refractivity contribution >= 4 is 11.6 Å². The molecular weight excluding hydrogens is 283 g/mol. The summed E-state index contributed by atoms with van der Waals surface area (Å²) in [6.07, 6.45) is -1.15. The molecule has 0 radical (unpaired) electrons. The third kappa shape index (κ3) is 2.57. The number of hydrogen-bond acceptors (Lipinski definition) is 3. The van der Waals surface area contributed by atoms with E-state index in [9.17, 15) is 9.50 Å². The van der Waals surface area contributed by atoms with Crippen molar-refractivity contribution in [3.63, 3.8) is 0 Å². The molecule has 0 aromatic heterocycles. The third-order valence-corrected chi connectivity index (χ3v) is 3.41. The lowest BCUT2D eigenvalue weighted by atomic mass is 9.99. The molecule has 2 aromatic rings. The van der Waals surface area contributed by atoms with Crippen LogP contribution in [-0.2, 0) is 0 Å². The van der Waals surface area contributed by atoms with Gasteiger partial charge in [0.25, 0.3) is 0 Å². The maximum atomic E-state index is 13.5. The van der Waals surface area contributed by atoms with Crippen LogP contribution in [0.2, 0.25) is 5.02 Å². The SMILES string of the molecule is COc1cccc(OC)c1C(O)c1cccc(F)c1Cl. The Morgan fingerprint density at radius 3 is 2.15 bits per heavy atom. The normalized spacial score (nSPS) is 12.1. The Hall–Kier alpha value is -1.78. The molecule has 0 amide bonds. The van der Waals surface area contributed by atoms with Crippen LogP contribution in [0.25, 0.3) is 0 Å². The van der Waals surface area contributed by atoms with Gasteiger partial charge in [0.05, 0.1) is 24.8 Å². The summed E-state index contributed by atoms with van der Waals surface area (Å²) in [5, 5.41) is 10.4. The number of aliphatic hydroxyl groups is 1. The molecular formula is C15H14ClFO3. The average molecular weight is 297 g/mol. The quantitative estimate of drug-likeness (QED) is 0.937. The fraction of sp³-hybridized carbons (Fsp3) is 0.200. The Balaban J connectivity index is 2.58. The summed E-state index contributed by atoms with van der Waals surface area (Å²) >= 11 is 5.91. The Labute approximate surface area is 121 Å². The second kappa shape index (κ2) is 6.11. The molecule has 1 atom stereocenters. The van der Waals surface area contributed by atoms with Gasteiger partial charge in [-0.05, 0) is 18.2 Å². The lowest BCUT2D eigenvalue weighted by molar-refractivity contribution is 0.208. The predicted octanol–water partition coefficient (Wildman–Crippen LogP) is 3.58. The Morgan fingerprint density at radius 2 is 1.60 bits per heavy atom. The molecule has 0 aliphatic rings. The van der Waals surface area contributed by atoms with Crippen LogP contribution in [0.5, 0.6) is 11.5 Å². The van der Waals surface area contributed by atoms with E-state index in [1.165, 1.54) is 26.4 Å². The molecule has 0 heterocycles. The van der Waals surface area contributed by atoms with Crippen LogP contribution in [0, 0.1) is 5.82 Å². The van der Waals surface area contributed by atoms with E-state index in [0.29, 0.717) is 17.1 Å². The van der Waals surface area contributed by atoms with Gasteiger partial charge in [0, 0.05) is 5.56 Å². The lowest BCUT2D eigenvalue weighted by Gasteiger charge is -2.19. The van der Waals surface area contributed by atoms with E-state index >= 15 is 0 Å². The van der Waals surface area contributed by atoms with E-state index in [1.54, 1.807) is 24.3 Å². The molecule has 0 spiro atoms. The molecule has 0 aliphatic carbocycles. The fourth-order valence-electron chi connectivity index (χ4n) is 2.04. The summed E-state index contributed by atoms with van der Waals surface area (Å²) in [4.78, 5) is 0. The molecule has 20 heavy (non-hydrogen) atoms. The highest BCUT2D eigenvalue weighted by Crippen LogP contribution is 2.39. The molecule has 0 fully saturated rings. The molecule has 3 nitrogen and oxygen atoms in total. The maximum Gasteiger partial charge on any atom is 0.142 e. The highest BCUT2D eigenvalue weighted by Gasteiger charge is 2.23. The zero-order chi connectivity index (χ0) is 14.7. The Morgan fingerprint density at radius 1 is 1.05 bits per heavy atom. The van der Waals surface area contributed by atoms with Crippen molar-refractivity contribution in [2.24, 2.45) is 0 Å². The molecule has 0 aliphatic heterocycles. The zero-order valence-electron chi connectivity index (χ0n) is 11.1. The lowest BCUT2D eigenvalue weighted by Crippen LogP contribution is -2.06. The van der Waals surface area contributed by atoms with Crippen LogP contribution in [0.4, 0.5) is 4.39 Å². The van der Waals surface area contributed by atoms with Crippen molar-refractivity contribution in [2.75, 3.05) is 14.2 Å². The molecule has 1 N–H and O–H groups in total. The van der Waals surface area contributed by atoms with E-state index in [2.05, 4.69) is 0 Å². The summed E-state index contributed by atoms with van der Waals surface area (Å²) in [5.74, 6) is 0.298. The van der Waals surface area contributed by atoms with E-state index in [1.807, 2.05) is 0 Å². The molecule has 106 valence electrons. The molecule has 1 unspecified atom stereocenters. The van der Waals surface area contributed by atoms with E-state index in [-0.39, 0.29) is 10.6 Å². The zero-order valence-corrected chi connectivity index (χ0v) is 11.8. The van der Waals surface area contributed by atoms with Crippen LogP contribution in [0.1, 0.15) is 17.2 Å². The van der Waals surface area contributed by atoms with Gasteiger partial charge in [-0.1, -0.05) is 29.8 Å². The number of aliphatic hydroxyl groups excluding tert-OH is 1. The third-order valence-electron chi connectivity index (χ3n) is 3.02. The van der Waals surface area contributed by atoms with Gasteiger partial charge in [0.2, 0.25) is 0 Å². The first-order chi connectivity index (χ1) is 9.60. The number of hydrogen-bond donors (Lipinski definition) is 1. The Kier molecular flexibility index (Phi) is 4.47. The first-order valence-corrected chi connectivity index (χ1v) is 6.30. The van der Waals surface area contributed by atoms with Crippen LogP contribution in [0.15, 0.2) is 36.4 Å². The highest BCUT2D eigenvalue weighted by molar-refractivity contribution is 6.31. The van der Waals surface area contributed by atoms with Crippen molar-refractivity contribution in [2.45, 2.75) is 6.10 Å². The standard InChI is InChI=1S/C15H14ClFO3/c1-19-11-7-4-8-12(20-2)13(11)15(18)9-5-3-6-10(17)14(9)16/h3-8,15,18H,1-2H3. The summed E-state index contributed by atoms with van der Waals surface area (Å²) in [6, 6.07) is 9.39. The van der Waals surface area contributed by atoms with Crippen molar-refractivity contribution < 1.29 is 19.0 Å². The number of halogens is 2. The van der Waals surface area contributed by atoms with Gasteiger partial charge in [0.15, 0.2) is 0 Å². The number of methoxy groups -OCH3 is 2. The smallest absolute Gasteiger partial charge is 0.142 e. The Bertz CT molecular complexity index is 594. The van der Waals surface area contributed by atoms with Crippen LogP contribution in [-0.4, -0.2) is 19.3 Å². The monoisotopic (exact) mass is 296 g/mol. The minimum Gasteiger partial charge on any atom is -0.496 e. The van der Waals surface area contributed by atoms with Gasteiger partial charge in [-0.2, -0.15) is 0 Å². The highest BCUT2D eigenvalue weighted by atomic mass is 35.5. The van der Waals surface area contributed by atoms with Crippen LogP contribution in [0.3, 0.4) is 0 Å². The number of benzene rings is 2. The van der Waals surface area contributed by atoms with Crippen molar-refractivity contribution in [3.8, 4) is 11.5 Å². The second-order valence-electron chi connectivity index (χ2n) is 4.12. The summed E-state index contributed by atoms with van der Waals surface area (Å²) in [7, 11) is 2.97. The van der Waals surface area contributed by atoms with E-state index < -0.39 is 11.9 Å². The van der Waals surface area contributed by atoms with Crippen molar-refractivity contribution in [3.05, 3.63) is 58.4 Å². The van der Waals surface area contributed by atoms with Crippen molar-refractivity contribution in [1.82, 2.24) is 0 Å². The molecule has 5 heteroatoms. The minimum absolute atomic E-state index is 0.118. The van der Waals surface area contributed by atoms with E-state index in [0.717, 1.165) is 0 Å². The molecule has 0 saturated carbocycles. The molecule has 0 saturated heterocycles. The average Bonchev–Trinajstić information content (AvgIpc) is 2.48. The van der Waals surface area contributed by atoms with E-state index in [4.69, 9.17) is 21.1 Å². The largest absolute Gasteiger partial charge is 0.496 e. The molecule has 2 rings (SSSR count). The number of rotatable bonds is 4. The minimum atomic E-state index is -1.15. The first-order valence-electron chi connectivity index (χ1n) is 5.93. The summed E-state index contributed by atoms with van der Waals surface area (Å²) < 4.78 is 24.0. The van der Waals surface area contributed by atoms with Crippen LogP contribution >= 0.6 is 11.6 Å². The molecule has 0 bridgehead atoms. The van der Waals surface area contributed by atoms with Gasteiger partial charge in [0.1, 0.15) is 23.4 Å². The van der Waals surface area contributed by atoms with Gasteiger partial charge in [-0.15, -0.1) is 0 Å². The van der Waals surface area contributed by atoms with Gasteiger partial charge >= 0.3 is 0 Å². The maximum absolute atomic E-state index is 13.5. The fourth-order valence-corrected chi connectivity index (χ4v) is 2.27. The summed E-state index contributed by atoms with van der Waals surface area (Å²) in [6.45, 7) is 0. The molecule has 2 aromatic carbocycles. The van der Waals surface area contributed by atoms with Crippen molar-refractivity contribution in [1.29, 1.82) is 0 Å². The van der Waals surface area contributed by atoms with Crippen LogP contribution < -0.4 is 9.47 Å². The van der Waals surface area contributed by atoms with Gasteiger partial charge in [-0.3, -0.25) is 0 Å². The van der Waals surface area contributed by atoms with Gasteiger partial charge < -0.3 is 14.6 Å². The second-order valence-corrected chi connectivity index (χ2v) is 4.50. The summed E-state index contributed by atoms with van der Waals surface area (Å²) in [5.41, 5.74) is 0.666.